The Kier molecular flexibility index (Phi) is 3.43. The molecule has 1 amide bonds. The van der Waals surface area contributed by atoms with Crippen LogP contribution in [0.1, 0.15) is 30.9 Å². The third-order valence-electron chi connectivity index (χ3n) is 3.85. The number of hydroxylamine groups is 2. The minimum Gasteiger partial charge on any atom is -0.393 e. The molecule has 1 saturated carbocycles. The monoisotopic (exact) mass is 283 g/mol. The van der Waals surface area contributed by atoms with E-state index < -0.39 is 23.8 Å². The van der Waals surface area contributed by atoms with Gasteiger partial charge in [-0.2, -0.15) is 0 Å². The Balaban J connectivity index is 1.79. The van der Waals surface area contributed by atoms with Crippen molar-refractivity contribution in [3.8, 4) is 0 Å². The van der Waals surface area contributed by atoms with Gasteiger partial charge in [-0.05, 0) is 30.5 Å². The van der Waals surface area contributed by atoms with Gasteiger partial charge in [-0.25, -0.2) is 13.8 Å². The number of nitrogens with zero attached hydrogens (tertiary/aromatic N) is 1. The summed E-state index contributed by atoms with van der Waals surface area (Å²) in [5.41, 5.74) is 0.397. The zero-order chi connectivity index (χ0) is 14.3. The van der Waals surface area contributed by atoms with Crippen LogP contribution in [0.5, 0.6) is 0 Å². The first-order chi connectivity index (χ1) is 9.54. The van der Waals surface area contributed by atoms with Crippen molar-refractivity contribution < 1.29 is 23.5 Å². The molecular formula is C14H15F2NO3. The average molecular weight is 283 g/mol. The van der Waals surface area contributed by atoms with Crippen molar-refractivity contribution in [1.29, 1.82) is 0 Å². The molecule has 0 spiro atoms. The summed E-state index contributed by atoms with van der Waals surface area (Å²) in [6.45, 7) is 0.337. The van der Waals surface area contributed by atoms with Gasteiger partial charge in [0.15, 0.2) is 0 Å². The lowest BCUT2D eigenvalue weighted by atomic mass is 9.81. The van der Waals surface area contributed by atoms with E-state index in [4.69, 9.17) is 4.84 Å². The lowest BCUT2D eigenvalue weighted by molar-refractivity contribution is -0.187. The summed E-state index contributed by atoms with van der Waals surface area (Å²) in [6.07, 6.45) is 0.909. The van der Waals surface area contributed by atoms with Crippen LogP contribution in [0, 0.1) is 17.6 Å². The highest BCUT2D eigenvalue weighted by Crippen LogP contribution is 2.36. The second-order valence-electron chi connectivity index (χ2n) is 5.33. The van der Waals surface area contributed by atoms with Crippen molar-refractivity contribution in [2.75, 3.05) is 6.61 Å². The number of carbonyl (C=O) groups is 1. The van der Waals surface area contributed by atoms with E-state index in [0.29, 0.717) is 31.4 Å². The summed E-state index contributed by atoms with van der Waals surface area (Å²) in [5, 5.41) is 10.5. The maximum Gasteiger partial charge on any atom is 0.250 e. The zero-order valence-electron chi connectivity index (χ0n) is 10.8. The second kappa shape index (κ2) is 5.10. The molecule has 0 radical (unpaired) electrons. The van der Waals surface area contributed by atoms with E-state index in [-0.39, 0.29) is 11.8 Å². The molecule has 1 N–H and O–H groups in total. The fourth-order valence-electron chi connectivity index (χ4n) is 2.73. The Bertz CT molecular complexity index is 511. The van der Waals surface area contributed by atoms with Crippen molar-refractivity contribution in [2.24, 2.45) is 5.92 Å². The number of hydrogen-bond donors (Lipinski definition) is 1. The van der Waals surface area contributed by atoms with Gasteiger partial charge in [0.05, 0.1) is 18.8 Å². The lowest BCUT2D eigenvalue weighted by Crippen LogP contribution is -2.42. The normalized spacial score (nSPS) is 29.4. The van der Waals surface area contributed by atoms with Crippen molar-refractivity contribution in [3.05, 3.63) is 35.4 Å². The van der Waals surface area contributed by atoms with Gasteiger partial charge in [0.2, 0.25) is 5.91 Å². The van der Waals surface area contributed by atoms with E-state index in [2.05, 4.69) is 0 Å². The Morgan fingerprint density at radius 2 is 1.90 bits per heavy atom. The molecule has 2 fully saturated rings. The number of aliphatic hydroxyl groups excluding tert-OH is 1. The minimum absolute atomic E-state index is 0.220. The van der Waals surface area contributed by atoms with Gasteiger partial charge in [-0.3, -0.25) is 9.63 Å². The summed E-state index contributed by atoms with van der Waals surface area (Å²) in [7, 11) is 0. The maximum absolute atomic E-state index is 13.3. The second-order valence-corrected chi connectivity index (χ2v) is 5.33. The highest BCUT2D eigenvalue weighted by atomic mass is 19.1. The van der Waals surface area contributed by atoms with E-state index in [1.807, 2.05) is 0 Å². The number of amides is 1. The Labute approximate surface area is 114 Å². The molecular weight excluding hydrogens is 268 g/mol. The molecule has 1 aliphatic heterocycles. The molecule has 20 heavy (non-hydrogen) atoms. The summed E-state index contributed by atoms with van der Waals surface area (Å²) in [4.78, 5) is 17.5. The molecule has 108 valence electrons. The molecule has 1 aromatic rings. The number of benzene rings is 1. The molecule has 1 heterocycles. The van der Waals surface area contributed by atoms with Crippen LogP contribution < -0.4 is 0 Å². The van der Waals surface area contributed by atoms with Crippen molar-refractivity contribution >= 4 is 5.91 Å². The molecule has 1 aliphatic carbocycles. The largest absolute Gasteiger partial charge is 0.393 e. The molecule has 0 aromatic heterocycles. The van der Waals surface area contributed by atoms with Crippen LogP contribution in [0.3, 0.4) is 0 Å². The van der Waals surface area contributed by atoms with Crippen LogP contribution in [0.15, 0.2) is 18.2 Å². The third-order valence-corrected chi connectivity index (χ3v) is 3.85. The van der Waals surface area contributed by atoms with Gasteiger partial charge < -0.3 is 5.11 Å². The van der Waals surface area contributed by atoms with Gasteiger partial charge >= 0.3 is 0 Å². The Morgan fingerprint density at radius 1 is 1.25 bits per heavy atom. The first-order valence-electron chi connectivity index (χ1n) is 6.64. The summed E-state index contributed by atoms with van der Waals surface area (Å²) in [6, 6.07) is 2.77. The fraction of sp³-hybridized carbons (Fsp3) is 0.500. The lowest BCUT2D eigenvalue weighted by Gasteiger charge is -2.34. The summed E-state index contributed by atoms with van der Waals surface area (Å²) in [5.74, 6) is -1.82. The molecule has 1 saturated heterocycles. The van der Waals surface area contributed by atoms with Crippen molar-refractivity contribution in [2.45, 2.75) is 31.4 Å². The maximum atomic E-state index is 13.3. The summed E-state index contributed by atoms with van der Waals surface area (Å²) >= 11 is 0. The number of rotatable bonds is 2. The van der Waals surface area contributed by atoms with Gasteiger partial charge in [-0.15, -0.1) is 0 Å². The van der Waals surface area contributed by atoms with E-state index >= 15 is 0 Å². The SMILES string of the molecule is O=C(C1CC(O)C1)N1OCC[C@H]1c1cc(F)cc(F)c1. The molecule has 1 atom stereocenters. The Morgan fingerprint density at radius 3 is 2.50 bits per heavy atom. The van der Waals surface area contributed by atoms with Gasteiger partial charge in [0.25, 0.3) is 0 Å². The highest BCUT2D eigenvalue weighted by Gasteiger charge is 2.41. The molecule has 3 rings (SSSR count). The number of carbonyl (C=O) groups excluding carboxylic acids is 1. The molecule has 2 aliphatic rings. The molecule has 6 heteroatoms. The van der Waals surface area contributed by atoms with Gasteiger partial charge in [0, 0.05) is 18.4 Å². The smallest absolute Gasteiger partial charge is 0.250 e. The average Bonchev–Trinajstić information content (AvgIpc) is 2.82. The number of hydrogen-bond acceptors (Lipinski definition) is 3. The van der Waals surface area contributed by atoms with Gasteiger partial charge in [0.1, 0.15) is 11.6 Å². The molecule has 4 nitrogen and oxygen atoms in total. The van der Waals surface area contributed by atoms with E-state index in [1.165, 1.54) is 17.2 Å². The Hall–Kier alpha value is -1.53. The standard InChI is InChI=1S/C14H15F2NO3/c15-10-3-8(4-11(16)7-10)13-1-2-20-17(13)14(19)9-5-12(18)6-9/h3-4,7,9,12-13,18H,1-2,5-6H2/t9?,12?,13-/m0/s1. The van der Waals surface area contributed by atoms with Crippen molar-refractivity contribution in [3.63, 3.8) is 0 Å². The quantitative estimate of drug-likeness (QED) is 0.902. The molecule has 0 unspecified atom stereocenters. The zero-order valence-corrected chi connectivity index (χ0v) is 10.8. The van der Waals surface area contributed by atoms with Gasteiger partial charge in [-0.1, -0.05) is 0 Å². The van der Waals surface area contributed by atoms with Crippen LogP contribution in [0.25, 0.3) is 0 Å². The van der Waals surface area contributed by atoms with E-state index in [9.17, 15) is 18.7 Å². The van der Waals surface area contributed by atoms with E-state index in [1.54, 1.807) is 0 Å². The molecule has 1 aromatic carbocycles. The molecule has 0 bridgehead atoms. The summed E-state index contributed by atoms with van der Waals surface area (Å²) < 4.78 is 26.6. The van der Waals surface area contributed by atoms with Crippen LogP contribution >= 0.6 is 0 Å². The number of halogens is 2. The van der Waals surface area contributed by atoms with Crippen molar-refractivity contribution in [1.82, 2.24) is 5.06 Å². The van der Waals surface area contributed by atoms with Crippen LogP contribution in [-0.4, -0.2) is 28.8 Å². The van der Waals surface area contributed by atoms with Crippen LogP contribution in [0.2, 0.25) is 0 Å². The predicted octanol–water partition coefficient (Wildman–Crippen LogP) is 1.94. The fourth-order valence-corrected chi connectivity index (χ4v) is 2.73. The van der Waals surface area contributed by atoms with Crippen LogP contribution in [-0.2, 0) is 9.63 Å². The van der Waals surface area contributed by atoms with E-state index in [0.717, 1.165) is 6.07 Å². The first kappa shape index (κ1) is 13.5. The van der Waals surface area contributed by atoms with Crippen LogP contribution in [0.4, 0.5) is 8.78 Å². The topological polar surface area (TPSA) is 49.8 Å². The first-order valence-corrected chi connectivity index (χ1v) is 6.64. The predicted molar refractivity (Wildman–Crippen MR) is 65.2 cm³/mol. The third kappa shape index (κ3) is 2.41. The highest BCUT2D eigenvalue weighted by molar-refractivity contribution is 5.79. The minimum atomic E-state index is -0.668. The number of aliphatic hydroxyl groups is 1.